The first-order valence-electron chi connectivity index (χ1n) is 7.62. The van der Waals surface area contributed by atoms with Crippen LogP contribution in [-0.2, 0) is 6.54 Å². The molecular formula is C16H18N4OS. The highest BCUT2D eigenvalue weighted by Crippen LogP contribution is 2.31. The van der Waals surface area contributed by atoms with Gasteiger partial charge in [-0.25, -0.2) is 9.97 Å². The molecule has 0 atom stereocenters. The quantitative estimate of drug-likeness (QED) is 0.801. The topological polar surface area (TPSA) is 68.2 Å². The molecule has 6 heteroatoms. The van der Waals surface area contributed by atoms with Crippen molar-refractivity contribution in [3.05, 3.63) is 29.3 Å². The van der Waals surface area contributed by atoms with Gasteiger partial charge in [0.15, 0.2) is 11.6 Å². The van der Waals surface area contributed by atoms with Crippen LogP contribution in [0.4, 0.5) is 5.82 Å². The highest BCUT2D eigenvalue weighted by Gasteiger charge is 2.15. The zero-order valence-electron chi connectivity index (χ0n) is 12.3. The van der Waals surface area contributed by atoms with Crippen molar-refractivity contribution < 1.29 is 4.42 Å². The Bertz CT molecular complexity index is 775. The van der Waals surface area contributed by atoms with E-state index < -0.39 is 0 Å². The highest BCUT2D eigenvalue weighted by atomic mass is 32.1. The Labute approximate surface area is 132 Å². The summed E-state index contributed by atoms with van der Waals surface area (Å²) in [6.07, 6.45) is 5.58. The molecule has 1 fully saturated rings. The second-order valence-corrected chi connectivity index (χ2v) is 6.79. The molecule has 4 heterocycles. The number of hydrogen-bond donors (Lipinski definition) is 1. The summed E-state index contributed by atoms with van der Waals surface area (Å²) in [4.78, 5) is 13.7. The van der Waals surface area contributed by atoms with Crippen LogP contribution in [0, 0.1) is 0 Å². The lowest BCUT2D eigenvalue weighted by Crippen LogP contribution is -2.28. The molecule has 1 aliphatic heterocycles. The molecule has 0 spiro atoms. The first-order valence-corrected chi connectivity index (χ1v) is 8.43. The Morgan fingerprint density at radius 1 is 1.23 bits per heavy atom. The van der Waals surface area contributed by atoms with E-state index in [0.717, 1.165) is 16.8 Å². The molecule has 22 heavy (non-hydrogen) atoms. The monoisotopic (exact) mass is 314 g/mol. The molecule has 2 N–H and O–H groups in total. The van der Waals surface area contributed by atoms with Gasteiger partial charge in [-0.1, -0.05) is 6.42 Å². The molecule has 1 saturated heterocycles. The summed E-state index contributed by atoms with van der Waals surface area (Å²) < 4.78 is 5.37. The number of furan rings is 1. The summed E-state index contributed by atoms with van der Waals surface area (Å²) in [6, 6.07) is 5.81. The van der Waals surface area contributed by atoms with Gasteiger partial charge >= 0.3 is 0 Å². The van der Waals surface area contributed by atoms with Gasteiger partial charge in [0.25, 0.3) is 0 Å². The number of anilines is 1. The fraction of sp³-hybridized carbons (Fsp3) is 0.375. The van der Waals surface area contributed by atoms with Gasteiger partial charge in [-0.05, 0) is 44.1 Å². The van der Waals surface area contributed by atoms with Crippen molar-refractivity contribution in [3.63, 3.8) is 0 Å². The third-order valence-electron chi connectivity index (χ3n) is 4.04. The number of aromatic nitrogens is 2. The molecule has 3 aromatic heterocycles. The maximum atomic E-state index is 6.11. The Kier molecular flexibility index (Phi) is 3.56. The number of likely N-dealkylation sites (tertiary alicyclic amines) is 1. The average Bonchev–Trinajstić information content (AvgIpc) is 3.17. The van der Waals surface area contributed by atoms with Gasteiger partial charge in [0, 0.05) is 11.4 Å². The fourth-order valence-corrected chi connectivity index (χ4v) is 4.00. The minimum atomic E-state index is 0.526. The number of nitrogens with zero attached hydrogens (tertiary/aromatic N) is 3. The van der Waals surface area contributed by atoms with Crippen LogP contribution in [0.25, 0.3) is 21.8 Å². The molecule has 0 aromatic carbocycles. The minimum Gasteiger partial charge on any atom is -0.461 e. The first-order chi connectivity index (χ1) is 10.8. The number of nitrogens with two attached hydrogens (primary N) is 1. The van der Waals surface area contributed by atoms with Gasteiger partial charge < -0.3 is 10.2 Å². The van der Waals surface area contributed by atoms with Crippen molar-refractivity contribution in [3.8, 4) is 11.6 Å². The fourth-order valence-electron chi connectivity index (χ4n) is 2.93. The molecule has 5 nitrogen and oxygen atoms in total. The Morgan fingerprint density at radius 2 is 2.09 bits per heavy atom. The molecule has 0 saturated carbocycles. The second kappa shape index (κ2) is 5.70. The number of rotatable bonds is 3. The molecule has 1 aliphatic rings. The predicted molar refractivity (Wildman–Crippen MR) is 88.7 cm³/mol. The number of thiophene rings is 1. The van der Waals surface area contributed by atoms with E-state index in [1.54, 1.807) is 17.6 Å². The van der Waals surface area contributed by atoms with E-state index in [1.165, 1.54) is 37.2 Å². The highest BCUT2D eigenvalue weighted by molar-refractivity contribution is 7.18. The lowest BCUT2D eigenvalue weighted by Gasteiger charge is -2.25. The molecule has 0 bridgehead atoms. The normalized spacial score (nSPS) is 16.4. The Hall–Kier alpha value is -1.92. The molecule has 0 aliphatic carbocycles. The lowest BCUT2D eigenvalue weighted by molar-refractivity contribution is 0.223. The number of nitrogen functional groups attached to an aromatic ring is 1. The second-order valence-electron chi connectivity index (χ2n) is 5.68. The van der Waals surface area contributed by atoms with Crippen molar-refractivity contribution >= 4 is 27.4 Å². The van der Waals surface area contributed by atoms with Crippen molar-refractivity contribution in [2.75, 3.05) is 18.8 Å². The summed E-state index contributed by atoms with van der Waals surface area (Å²) in [7, 11) is 0. The van der Waals surface area contributed by atoms with E-state index in [9.17, 15) is 0 Å². The van der Waals surface area contributed by atoms with Gasteiger partial charge in [0.1, 0.15) is 10.6 Å². The number of piperidine rings is 1. The van der Waals surface area contributed by atoms with Gasteiger partial charge in [-0.3, -0.25) is 4.90 Å². The van der Waals surface area contributed by atoms with Crippen molar-refractivity contribution in [1.29, 1.82) is 0 Å². The SMILES string of the molecule is Nc1nc(-c2ccco2)nc2sc(CN3CCCCC3)cc12. The van der Waals surface area contributed by atoms with E-state index in [0.29, 0.717) is 17.4 Å². The van der Waals surface area contributed by atoms with E-state index in [2.05, 4.69) is 20.9 Å². The van der Waals surface area contributed by atoms with Gasteiger partial charge in [0.05, 0.1) is 11.6 Å². The summed E-state index contributed by atoms with van der Waals surface area (Å²) in [5.74, 6) is 1.73. The van der Waals surface area contributed by atoms with Crippen molar-refractivity contribution in [2.24, 2.45) is 0 Å². The van der Waals surface area contributed by atoms with Crippen molar-refractivity contribution in [1.82, 2.24) is 14.9 Å². The van der Waals surface area contributed by atoms with Crippen LogP contribution in [0.15, 0.2) is 28.9 Å². The molecule has 4 rings (SSSR count). The van der Waals surface area contributed by atoms with Gasteiger partial charge in [-0.2, -0.15) is 0 Å². The average molecular weight is 314 g/mol. The van der Waals surface area contributed by atoms with Crippen LogP contribution >= 0.6 is 11.3 Å². The number of hydrogen-bond acceptors (Lipinski definition) is 6. The molecular weight excluding hydrogens is 296 g/mol. The summed E-state index contributed by atoms with van der Waals surface area (Å²) >= 11 is 1.70. The van der Waals surface area contributed by atoms with Crippen LogP contribution in [0.5, 0.6) is 0 Å². The summed E-state index contributed by atoms with van der Waals surface area (Å²) in [5.41, 5.74) is 6.11. The van der Waals surface area contributed by atoms with E-state index >= 15 is 0 Å². The van der Waals surface area contributed by atoms with Crippen molar-refractivity contribution in [2.45, 2.75) is 25.8 Å². The van der Waals surface area contributed by atoms with Crippen LogP contribution in [0.1, 0.15) is 24.1 Å². The van der Waals surface area contributed by atoms with E-state index in [-0.39, 0.29) is 0 Å². The Balaban J connectivity index is 1.66. The zero-order valence-corrected chi connectivity index (χ0v) is 13.1. The standard InChI is InChI=1S/C16H18N4OS/c17-14-12-9-11(10-20-6-2-1-3-7-20)22-16(12)19-15(18-14)13-5-4-8-21-13/h4-5,8-9H,1-3,6-7,10H2,(H2,17,18,19). The maximum absolute atomic E-state index is 6.11. The zero-order chi connectivity index (χ0) is 14.9. The smallest absolute Gasteiger partial charge is 0.199 e. The minimum absolute atomic E-state index is 0.526. The van der Waals surface area contributed by atoms with E-state index in [1.807, 2.05) is 12.1 Å². The lowest BCUT2D eigenvalue weighted by atomic mass is 10.1. The molecule has 0 amide bonds. The van der Waals surface area contributed by atoms with Crippen LogP contribution < -0.4 is 5.73 Å². The van der Waals surface area contributed by atoms with Crippen LogP contribution in [0.2, 0.25) is 0 Å². The molecule has 3 aromatic rings. The first kappa shape index (κ1) is 13.7. The van der Waals surface area contributed by atoms with E-state index in [4.69, 9.17) is 10.2 Å². The van der Waals surface area contributed by atoms with Crippen LogP contribution in [0.3, 0.4) is 0 Å². The van der Waals surface area contributed by atoms with Gasteiger partial charge in [0.2, 0.25) is 0 Å². The number of fused-ring (bicyclic) bond motifs is 1. The predicted octanol–water partition coefficient (Wildman–Crippen LogP) is 3.52. The summed E-state index contributed by atoms with van der Waals surface area (Å²) in [5, 5.41) is 0.951. The molecule has 114 valence electrons. The van der Waals surface area contributed by atoms with Crippen LogP contribution in [-0.4, -0.2) is 28.0 Å². The Morgan fingerprint density at radius 3 is 2.86 bits per heavy atom. The largest absolute Gasteiger partial charge is 0.461 e. The third-order valence-corrected chi connectivity index (χ3v) is 5.06. The molecule has 0 unspecified atom stereocenters. The summed E-state index contributed by atoms with van der Waals surface area (Å²) in [6.45, 7) is 3.36. The molecule has 0 radical (unpaired) electrons. The third kappa shape index (κ3) is 2.60. The van der Waals surface area contributed by atoms with Gasteiger partial charge in [-0.15, -0.1) is 11.3 Å². The maximum Gasteiger partial charge on any atom is 0.199 e.